The van der Waals surface area contributed by atoms with Crippen LogP contribution in [0.5, 0.6) is 5.75 Å². The maximum absolute atomic E-state index is 5.59. The van der Waals surface area contributed by atoms with Crippen molar-refractivity contribution in [2.75, 3.05) is 6.61 Å². The van der Waals surface area contributed by atoms with Gasteiger partial charge in [0.05, 0.1) is 6.61 Å². The molecule has 2 rings (SSSR count). The molecule has 0 bridgehead atoms. The zero-order valence-electron chi connectivity index (χ0n) is 9.73. The Morgan fingerprint density at radius 3 is 2.76 bits per heavy atom. The molecule has 0 spiro atoms. The molecule has 1 heterocycles. The van der Waals surface area contributed by atoms with Crippen molar-refractivity contribution < 1.29 is 4.74 Å². The van der Waals surface area contributed by atoms with Crippen LogP contribution in [0.1, 0.15) is 17.9 Å². The van der Waals surface area contributed by atoms with Gasteiger partial charge >= 0.3 is 0 Å². The van der Waals surface area contributed by atoms with E-state index in [1.165, 1.54) is 0 Å². The predicted molar refractivity (Wildman–Crippen MR) is 66.7 cm³/mol. The summed E-state index contributed by atoms with van der Waals surface area (Å²) in [6.07, 6.45) is 3.60. The molecule has 0 saturated carbocycles. The second-order valence-electron chi connectivity index (χ2n) is 3.82. The first-order valence-electron chi connectivity index (χ1n) is 5.79. The highest BCUT2D eigenvalue weighted by molar-refractivity contribution is 5.20. The Kier molecular flexibility index (Phi) is 4.16. The molecule has 4 nitrogen and oxygen atoms in total. The number of aromatic nitrogens is 2. The SMILES string of the molecule is NCc1cnc(CCCOc2ccccc2)[nH]1. The van der Waals surface area contributed by atoms with Gasteiger partial charge in [-0.25, -0.2) is 4.98 Å². The van der Waals surface area contributed by atoms with E-state index in [2.05, 4.69) is 9.97 Å². The fourth-order valence-corrected chi connectivity index (χ4v) is 1.58. The minimum absolute atomic E-state index is 0.507. The number of benzene rings is 1. The van der Waals surface area contributed by atoms with E-state index in [9.17, 15) is 0 Å². The number of aryl methyl sites for hydroxylation is 1. The Morgan fingerprint density at radius 2 is 2.06 bits per heavy atom. The number of hydrogen-bond donors (Lipinski definition) is 2. The monoisotopic (exact) mass is 231 g/mol. The number of nitrogens with two attached hydrogens (primary N) is 1. The largest absolute Gasteiger partial charge is 0.494 e. The lowest BCUT2D eigenvalue weighted by molar-refractivity contribution is 0.310. The van der Waals surface area contributed by atoms with Crippen LogP contribution in [0.2, 0.25) is 0 Å². The van der Waals surface area contributed by atoms with Crippen molar-refractivity contribution in [1.29, 1.82) is 0 Å². The predicted octanol–water partition coefficient (Wildman–Crippen LogP) is 1.88. The molecular formula is C13H17N3O. The third-order valence-electron chi connectivity index (χ3n) is 2.47. The average Bonchev–Trinajstić information content (AvgIpc) is 2.84. The number of imidazole rings is 1. The molecule has 0 aliphatic heterocycles. The molecule has 2 aromatic rings. The van der Waals surface area contributed by atoms with E-state index in [4.69, 9.17) is 10.5 Å². The molecule has 90 valence electrons. The lowest BCUT2D eigenvalue weighted by Crippen LogP contribution is -2.01. The van der Waals surface area contributed by atoms with Crippen molar-refractivity contribution in [3.63, 3.8) is 0 Å². The van der Waals surface area contributed by atoms with Gasteiger partial charge in [-0.05, 0) is 18.6 Å². The Labute approximate surface area is 101 Å². The fraction of sp³-hybridized carbons (Fsp3) is 0.308. The molecule has 0 aliphatic rings. The standard InChI is InChI=1S/C13H17N3O/c14-9-11-10-15-13(16-11)7-4-8-17-12-5-2-1-3-6-12/h1-3,5-6,10H,4,7-9,14H2,(H,15,16). The number of ether oxygens (including phenoxy) is 1. The van der Waals surface area contributed by atoms with E-state index in [0.29, 0.717) is 13.2 Å². The second kappa shape index (κ2) is 6.06. The van der Waals surface area contributed by atoms with Crippen LogP contribution in [0.4, 0.5) is 0 Å². The van der Waals surface area contributed by atoms with Crippen LogP contribution >= 0.6 is 0 Å². The van der Waals surface area contributed by atoms with Gasteiger partial charge in [0.2, 0.25) is 0 Å². The minimum atomic E-state index is 0.507. The first-order chi connectivity index (χ1) is 8.38. The van der Waals surface area contributed by atoms with E-state index in [0.717, 1.165) is 30.1 Å². The lowest BCUT2D eigenvalue weighted by atomic mass is 10.3. The molecule has 1 aromatic heterocycles. The van der Waals surface area contributed by atoms with Crippen LogP contribution in [0.25, 0.3) is 0 Å². The molecule has 1 aromatic carbocycles. The van der Waals surface area contributed by atoms with E-state index in [-0.39, 0.29) is 0 Å². The summed E-state index contributed by atoms with van der Waals surface area (Å²) in [5.41, 5.74) is 6.47. The van der Waals surface area contributed by atoms with Crippen LogP contribution < -0.4 is 10.5 Å². The van der Waals surface area contributed by atoms with Gasteiger partial charge in [0.1, 0.15) is 11.6 Å². The van der Waals surface area contributed by atoms with Gasteiger partial charge in [-0.15, -0.1) is 0 Å². The Morgan fingerprint density at radius 1 is 1.24 bits per heavy atom. The summed E-state index contributed by atoms with van der Waals surface area (Å²) < 4.78 is 5.59. The molecule has 17 heavy (non-hydrogen) atoms. The number of hydrogen-bond acceptors (Lipinski definition) is 3. The molecule has 0 atom stereocenters. The highest BCUT2D eigenvalue weighted by Crippen LogP contribution is 2.09. The van der Waals surface area contributed by atoms with E-state index >= 15 is 0 Å². The van der Waals surface area contributed by atoms with Crippen molar-refractivity contribution in [3.8, 4) is 5.75 Å². The van der Waals surface area contributed by atoms with Gasteiger partial charge in [-0.1, -0.05) is 18.2 Å². The van der Waals surface area contributed by atoms with E-state index < -0.39 is 0 Å². The number of rotatable bonds is 6. The summed E-state index contributed by atoms with van der Waals surface area (Å²) in [6, 6.07) is 9.83. The summed E-state index contributed by atoms with van der Waals surface area (Å²) >= 11 is 0. The maximum Gasteiger partial charge on any atom is 0.119 e. The van der Waals surface area contributed by atoms with Crippen molar-refractivity contribution in [2.45, 2.75) is 19.4 Å². The highest BCUT2D eigenvalue weighted by Gasteiger charge is 1.99. The molecule has 0 fully saturated rings. The number of H-pyrrole nitrogens is 1. The van der Waals surface area contributed by atoms with Crippen molar-refractivity contribution in [1.82, 2.24) is 9.97 Å². The summed E-state index contributed by atoms with van der Waals surface area (Å²) in [5, 5.41) is 0. The van der Waals surface area contributed by atoms with Gasteiger partial charge in [0.15, 0.2) is 0 Å². The Balaban J connectivity index is 1.69. The average molecular weight is 231 g/mol. The van der Waals surface area contributed by atoms with Crippen molar-refractivity contribution in [2.24, 2.45) is 5.73 Å². The third-order valence-corrected chi connectivity index (χ3v) is 2.47. The van der Waals surface area contributed by atoms with Crippen molar-refractivity contribution in [3.05, 3.63) is 48.0 Å². The smallest absolute Gasteiger partial charge is 0.119 e. The molecule has 0 radical (unpaired) electrons. The summed E-state index contributed by atoms with van der Waals surface area (Å²) in [7, 11) is 0. The fourth-order valence-electron chi connectivity index (χ4n) is 1.58. The van der Waals surface area contributed by atoms with Crippen LogP contribution in [0.15, 0.2) is 36.5 Å². The lowest BCUT2D eigenvalue weighted by Gasteiger charge is -2.04. The first-order valence-corrected chi connectivity index (χ1v) is 5.79. The maximum atomic E-state index is 5.59. The van der Waals surface area contributed by atoms with Crippen LogP contribution in [0, 0.1) is 0 Å². The molecular weight excluding hydrogens is 214 g/mol. The zero-order valence-corrected chi connectivity index (χ0v) is 9.73. The van der Waals surface area contributed by atoms with Crippen LogP contribution in [-0.2, 0) is 13.0 Å². The highest BCUT2D eigenvalue weighted by atomic mass is 16.5. The number of para-hydroxylation sites is 1. The topological polar surface area (TPSA) is 63.9 Å². The summed E-state index contributed by atoms with van der Waals surface area (Å²) in [5.74, 6) is 1.89. The third kappa shape index (κ3) is 3.60. The second-order valence-corrected chi connectivity index (χ2v) is 3.82. The normalized spacial score (nSPS) is 10.4. The van der Waals surface area contributed by atoms with Gasteiger partial charge in [-0.2, -0.15) is 0 Å². The van der Waals surface area contributed by atoms with Crippen LogP contribution in [-0.4, -0.2) is 16.6 Å². The minimum Gasteiger partial charge on any atom is -0.494 e. The molecule has 0 unspecified atom stereocenters. The quantitative estimate of drug-likeness (QED) is 0.746. The van der Waals surface area contributed by atoms with Gasteiger partial charge in [0, 0.05) is 24.9 Å². The molecule has 0 amide bonds. The van der Waals surface area contributed by atoms with Gasteiger partial charge < -0.3 is 15.5 Å². The molecule has 0 aliphatic carbocycles. The molecule has 4 heteroatoms. The molecule has 3 N–H and O–H groups in total. The first kappa shape index (κ1) is 11.7. The van der Waals surface area contributed by atoms with Gasteiger partial charge in [0.25, 0.3) is 0 Å². The van der Waals surface area contributed by atoms with Gasteiger partial charge in [-0.3, -0.25) is 0 Å². The summed E-state index contributed by atoms with van der Waals surface area (Å²) in [4.78, 5) is 7.41. The Bertz CT molecular complexity index is 439. The van der Waals surface area contributed by atoms with E-state index in [1.54, 1.807) is 6.20 Å². The Hall–Kier alpha value is -1.81. The zero-order chi connectivity index (χ0) is 11.9. The number of aromatic amines is 1. The summed E-state index contributed by atoms with van der Waals surface area (Å²) in [6.45, 7) is 1.20. The number of nitrogens with one attached hydrogen (secondary N) is 1. The van der Waals surface area contributed by atoms with E-state index in [1.807, 2.05) is 30.3 Å². The van der Waals surface area contributed by atoms with Crippen molar-refractivity contribution >= 4 is 0 Å². The van der Waals surface area contributed by atoms with Crippen LogP contribution in [0.3, 0.4) is 0 Å². The number of nitrogens with zero attached hydrogens (tertiary/aromatic N) is 1. The molecule has 0 saturated heterocycles.